The lowest BCUT2D eigenvalue weighted by Gasteiger charge is -1.86. The van der Waals surface area contributed by atoms with Gasteiger partial charge in [-0.2, -0.15) is 0 Å². The Hall–Kier alpha value is -0.930. The van der Waals surface area contributed by atoms with Crippen LogP contribution in [0.15, 0.2) is 5.16 Å². The third kappa shape index (κ3) is 0.734. The van der Waals surface area contributed by atoms with Gasteiger partial charge < -0.3 is 14.7 Å². The minimum Gasteiger partial charge on any atom is -0.445 e. The highest BCUT2D eigenvalue weighted by atomic mass is 16.7. The number of hydrogen-bond donors (Lipinski definition) is 1. The molecule has 40 valence electrons. The van der Waals surface area contributed by atoms with Gasteiger partial charge in [0.25, 0.3) is 0 Å². The Labute approximate surface area is 40.3 Å². The smallest absolute Gasteiger partial charge is 0.422 e. The van der Waals surface area contributed by atoms with Crippen LogP contribution in [0.1, 0.15) is 0 Å². The largest absolute Gasteiger partial charge is 0.445 e. The zero-order valence-electron chi connectivity index (χ0n) is 3.63. The van der Waals surface area contributed by atoms with Crippen LogP contribution in [0.3, 0.4) is 0 Å². The topological polar surface area (TPSA) is 51.1 Å². The first-order valence-electron chi connectivity index (χ1n) is 1.91. The van der Waals surface area contributed by atoms with Crippen molar-refractivity contribution in [3.8, 4) is 0 Å². The van der Waals surface area contributed by atoms with Gasteiger partial charge in [0.2, 0.25) is 0 Å². The average Bonchev–Trinajstić information content (AvgIpc) is 2.14. The van der Waals surface area contributed by atoms with Gasteiger partial charge in [0.15, 0.2) is 0 Å². The highest BCUT2D eigenvalue weighted by molar-refractivity contribution is 5.67. The highest BCUT2D eigenvalue weighted by Crippen LogP contribution is 1.93. The van der Waals surface area contributed by atoms with Crippen LogP contribution in [-0.2, 0) is 9.47 Å². The van der Waals surface area contributed by atoms with Crippen molar-refractivity contribution in [2.45, 2.75) is 0 Å². The van der Waals surface area contributed by atoms with Gasteiger partial charge in [-0.15, -0.1) is 0 Å². The number of ether oxygens (including phenoxy) is 2. The van der Waals surface area contributed by atoms with E-state index < -0.39 is 0 Å². The van der Waals surface area contributed by atoms with E-state index in [1.165, 1.54) is 0 Å². The molecule has 0 unspecified atom stereocenters. The van der Waals surface area contributed by atoms with Crippen molar-refractivity contribution in [1.82, 2.24) is 0 Å². The Kier molecular flexibility index (Phi) is 1.02. The van der Waals surface area contributed by atoms with E-state index in [4.69, 9.17) is 5.21 Å². The minimum atomic E-state index is -0.0278. The molecule has 1 rings (SSSR count). The number of oxime groups is 1. The molecule has 7 heavy (non-hydrogen) atoms. The number of rotatable bonds is 0. The molecule has 0 radical (unpaired) electrons. The van der Waals surface area contributed by atoms with Crippen LogP contribution in [0.5, 0.6) is 0 Å². The second-order valence-corrected chi connectivity index (χ2v) is 1.06. The van der Waals surface area contributed by atoms with Crippen LogP contribution in [0, 0.1) is 0 Å². The maximum atomic E-state index is 7.90. The minimum absolute atomic E-state index is 0.0278. The first kappa shape index (κ1) is 4.23. The maximum absolute atomic E-state index is 7.90. The van der Waals surface area contributed by atoms with Crippen molar-refractivity contribution < 1.29 is 14.7 Å². The summed E-state index contributed by atoms with van der Waals surface area (Å²) >= 11 is 0. The summed E-state index contributed by atoms with van der Waals surface area (Å²) in [6.07, 6.45) is -0.0278. The van der Waals surface area contributed by atoms with E-state index in [0.717, 1.165) is 0 Å². The van der Waals surface area contributed by atoms with Crippen molar-refractivity contribution >= 4 is 6.08 Å². The molecule has 4 heteroatoms. The fourth-order valence-corrected chi connectivity index (χ4v) is 0.357. The molecule has 0 aromatic carbocycles. The van der Waals surface area contributed by atoms with Crippen molar-refractivity contribution in [1.29, 1.82) is 0 Å². The van der Waals surface area contributed by atoms with E-state index in [0.29, 0.717) is 13.2 Å². The molecule has 0 aromatic heterocycles. The fraction of sp³-hybridized carbons (Fsp3) is 0.667. The van der Waals surface area contributed by atoms with E-state index >= 15 is 0 Å². The third-order valence-corrected chi connectivity index (χ3v) is 0.616. The van der Waals surface area contributed by atoms with Crippen LogP contribution in [0.4, 0.5) is 0 Å². The summed E-state index contributed by atoms with van der Waals surface area (Å²) in [5.74, 6) is 0. The molecule has 1 aliphatic rings. The zero-order chi connectivity index (χ0) is 5.11. The maximum Gasteiger partial charge on any atom is 0.422 e. The molecule has 0 amide bonds. The van der Waals surface area contributed by atoms with Gasteiger partial charge in [0.1, 0.15) is 13.2 Å². The molecule has 0 atom stereocenters. The van der Waals surface area contributed by atoms with Crippen LogP contribution < -0.4 is 0 Å². The fourth-order valence-electron chi connectivity index (χ4n) is 0.357. The predicted octanol–water partition coefficient (Wildman–Crippen LogP) is -0.222. The van der Waals surface area contributed by atoms with E-state index in [9.17, 15) is 0 Å². The Morgan fingerprint density at radius 2 is 2.00 bits per heavy atom. The normalized spacial score (nSPS) is 18.0. The molecule has 4 nitrogen and oxygen atoms in total. The summed E-state index contributed by atoms with van der Waals surface area (Å²) in [5.41, 5.74) is 0. The Morgan fingerprint density at radius 1 is 1.43 bits per heavy atom. The summed E-state index contributed by atoms with van der Waals surface area (Å²) in [4.78, 5) is 0. The van der Waals surface area contributed by atoms with Crippen LogP contribution in [-0.4, -0.2) is 24.5 Å². The summed E-state index contributed by atoms with van der Waals surface area (Å²) in [5, 5.41) is 10.6. The summed E-state index contributed by atoms with van der Waals surface area (Å²) in [6.45, 7) is 0.971. The van der Waals surface area contributed by atoms with Gasteiger partial charge in [-0.3, -0.25) is 0 Å². The van der Waals surface area contributed by atoms with Crippen molar-refractivity contribution in [3.05, 3.63) is 0 Å². The monoisotopic (exact) mass is 103 g/mol. The SMILES string of the molecule is ON=C1OCCO1. The van der Waals surface area contributed by atoms with Crippen molar-refractivity contribution in [3.63, 3.8) is 0 Å². The molecule has 1 fully saturated rings. The van der Waals surface area contributed by atoms with E-state index in [1.807, 2.05) is 0 Å². The summed E-state index contributed by atoms with van der Waals surface area (Å²) < 4.78 is 9.16. The molecule has 0 aromatic rings. The van der Waals surface area contributed by atoms with Gasteiger partial charge in [-0.1, -0.05) is 0 Å². The predicted molar refractivity (Wildman–Crippen MR) is 21.1 cm³/mol. The van der Waals surface area contributed by atoms with Crippen molar-refractivity contribution in [2.75, 3.05) is 13.2 Å². The molecule has 0 saturated carbocycles. The zero-order valence-corrected chi connectivity index (χ0v) is 3.63. The third-order valence-electron chi connectivity index (χ3n) is 0.616. The van der Waals surface area contributed by atoms with Crippen molar-refractivity contribution in [2.24, 2.45) is 5.16 Å². The van der Waals surface area contributed by atoms with E-state index in [2.05, 4.69) is 14.6 Å². The first-order valence-corrected chi connectivity index (χ1v) is 1.91. The van der Waals surface area contributed by atoms with Crippen LogP contribution >= 0.6 is 0 Å². The Balaban J connectivity index is 2.41. The number of hydrogen-bond acceptors (Lipinski definition) is 4. The standard InChI is InChI=1S/C3H5NO3/c5-4-3-6-1-2-7-3/h5H,1-2H2. The van der Waals surface area contributed by atoms with E-state index in [-0.39, 0.29) is 6.08 Å². The highest BCUT2D eigenvalue weighted by Gasteiger charge is 2.08. The quantitative estimate of drug-likeness (QED) is 0.340. The van der Waals surface area contributed by atoms with Gasteiger partial charge in [-0.25, -0.2) is 0 Å². The average molecular weight is 103 g/mol. The van der Waals surface area contributed by atoms with Crippen LogP contribution in [0.2, 0.25) is 0 Å². The summed E-state index contributed by atoms with van der Waals surface area (Å²) in [6, 6.07) is 0. The van der Waals surface area contributed by atoms with Gasteiger partial charge in [0, 0.05) is 0 Å². The second kappa shape index (κ2) is 1.68. The molecule has 1 aliphatic heterocycles. The van der Waals surface area contributed by atoms with Crippen LogP contribution in [0.25, 0.3) is 0 Å². The molecule has 0 aliphatic carbocycles. The Morgan fingerprint density at radius 3 is 2.29 bits per heavy atom. The lowest BCUT2D eigenvalue weighted by molar-refractivity contribution is 0.249. The lowest BCUT2D eigenvalue weighted by Crippen LogP contribution is -1.94. The lowest BCUT2D eigenvalue weighted by atomic mass is 10.8. The molecular formula is C3H5NO3. The van der Waals surface area contributed by atoms with Gasteiger partial charge in [0.05, 0.1) is 0 Å². The van der Waals surface area contributed by atoms with Gasteiger partial charge >= 0.3 is 6.08 Å². The molecular weight excluding hydrogens is 98.0 g/mol. The molecule has 0 bridgehead atoms. The molecule has 1 heterocycles. The summed E-state index contributed by atoms with van der Waals surface area (Å²) in [7, 11) is 0. The molecule has 0 spiro atoms. The van der Waals surface area contributed by atoms with E-state index in [1.54, 1.807) is 0 Å². The number of nitrogens with zero attached hydrogens (tertiary/aromatic N) is 1. The van der Waals surface area contributed by atoms with Gasteiger partial charge in [-0.05, 0) is 5.16 Å². The first-order chi connectivity index (χ1) is 3.43. The Bertz CT molecular complexity index is 82.2. The molecule has 1 N–H and O–H groups in total. The molecule has 1 saturated heterocycles. The second-order valence-electron chi connectivity index (χ2n) is 1.06.